The Balaban J connectivity index is 3.32. The summed E-state index contributed by atoms with van der Waals surface area (Å²) in [6, 6.07) is 0. The second-order valence-electron chi connectivity index (χ2n) is 1.72. The Bertz CT molecular complexity index is 66.0. The molecule has 9 heavy (non-hydrogen) atoms. The third-order valence-corrected chi connectivity index (χ3v) is 0.972. The Kier molecular flexibility index (Phi) is 4.61. The molecule has 4 heteroatoms. The number of rotatable bonds is 4. The minimum Gasteiger partial charge on any atom is -0.396 e. The lowest BCUT2D eigenvalue weighted by atomic mass is 10.1. The van der Waals surface area contributed by atoms with Crippen molar-refractivity contribution in [3.05, 3.63) is 6.61 Å². The van der Waals surface area contributed by atoms with Crippen LogP contribution in [-0.4, -0.2) is 39.2 Å². The van der Waals surface area contributed by atoms with Gasteiger partial charge in [-0.2, -0.15) is 0 Å². The van der Waals surface area contributed by atoms with E-state index in [4.69, 9.17) is 20.4 Å². The molecule has 0 rings (SSSR count). The van der Waals surface area contributed by atoms with E-state index in [0.29, 0.717) is 6.61 Å². The number of aliphatic hydroxyl groups excluding tert-OH is 4. The molecule has 0 heterocycles. The Hall–Kier alpha value is -0.160. The third kappa shape index (κ3) is 3.42. The largest absolute Gasteiger partial charge is 0.396 e. The summed E-state index contributed by atoms with van der Waals surface area (Å²) in [6.45, 7) is 0.284. The molecular formula is C5H11O4. The van der Waals surface area contributed by atoms with E-state index in [1.54, 1.807) is 0 Å². The molecule has 0 aliphatic carbocycles. The minimum absolute atomic E-state index is 0.0677. The average molecular weight is 135 g/mol. The zero-order valence-electron chi connectivity index (χ0n) is 4.94. The molecule has 55 valence electrons. The van der Waals surface area contributed by atoms with Crippen molar-refractivity contribution < 1.29 is 20.4 Å². The predicted molar refractivity (Wildman–Crippen MR) is 30.0 cm³/mol. The molecule has 0 aliphatic heterocycles. The number of aliphatic hydroxyl groups is 4. The van der Waals surface area contributed by atoms with Crippen molar-refractivity contribution >= 4 is 0 Å². The van der Waals surface area contributed by atoms with Crippen molar-refractivity contribution in [2.75, 3.05) is 6.61 Å². The van der Waals surface area contributed by atoms with Crippen LogP contribution < -0.4 is 0 Å². The van der Waals surface area contributed by atoms with E-state index >= 15 is 0 Å². The van der Waals surface area contributed by atoms with Gasteiger partial charge in [0.05, 0.1) is 6.10 Å². The normalized spacial score (nSPS) is 17.3. The first-order valence-corrected chi connectivity index (χ1v) is 2.67. The lowest BCUT2D eigenvalue weighted by Gasteiger charge is -2.12. The van der Waals surface area contributed by atoms with Gasteiger partial charge in [-0.1, -0.05) is 0 Å². The molecule has 0 bridgehead atoms. The second-order valence-corrected chi connectivity index (χ2v) is 1.72. The highest BCUT2D eigenvalue weighted by Gasteiger charge is 2.13. The number of hydrogen-bond donors (Lipinski definition) is 4. The second kappa shape index (κ2) is 4.69. The first-order chi connectivity index (χ1) is 4.22. The van der Waals surface area contributed by atoms with Crippen LogP contribution in [0.2, 0.25) is 0 Å². The topological polar surface area (TPSA) is 80.9 Å². The quantitative estimate of drug-likeness (QED) is 0.383. The molecule has 4 nitrogen and oxygen atoms in total. The van der Waals surface area contributed by atoms with Gasteiger partial charge in [-0.25, -0.2) is 0 Å². The standard InChI is InChI=1S/C5H11O4/c6-2-1-4(8)5(9)3-7/h3-9H,1-2H2. The van der Waals surface area contributed by atoms with E-state index in [-0.39, 0.29) is 13.0 Å². The average Bonchev–Trinajstić information content (AvgIpc) is 1.87. The molecule has 2 atom stereocenters. The van der Waals surface area contributed by atoms with Gasteiger partial charge >= 0.3 is 0 Å². The van der Waals surface area contributed by atoms with Gasteiger partial charge < -0.3 is 20.4 Å². The summed E-state index contributed by atoms with van der Waals surface area (Å²) in [6.07, 6.45) is -2.25. The fourth-order valence-corrected chi connectivity index (χ4v) is 0.402. The monoisotopic (exact) mass is 135 g/mol. The van der Waals surface area contributed by atoms with E-state index < -0.39 is 12.2 Å². The fraction of sp³-hybridized carbons (Fsp3) is 0.800. The molecule has 0 amide bonds. The summed E-state index contributed by atoms with van der Waals surface area (Å²) in [4.78, 5) is 0. The van der Waals surface area contributed by atoms with Crippen LogP contribution in [0.15, 0.2) is 0 Å². The number of hydrogen-bond acceptors (Lipinski definition) is 4. The van der Waals surface area contributed by atoms with Crippen molar-refractivity contribution in [2.45, 2.75) is 18.6 Å². The lowest BCUT2D eigenvalue weighted by molar-refractivity contribution is 0.000951. The van der Waals surface area contributed by atoms with Gasteiger partial charge in [0.2, 0.25) is 0 Å². The van der Waals surface area contributed by atoms with E-state index in [2.05, 4.69) is 0 Å². The SMILES string of the molecule is O[CH]C(O)C(O)CCO. The van der Waals surface area contributed by atoms with Crippen LogP contribution in [0.25, 0.3) is 0 Å². The summed E-state index contributed by atoms with van der Waals surface area (Å²) < 4.78 is 0. The van der Waals surface area contributed by atoms with Gasteiger partial charge in [0.1, 0.15) is 12.7 Å². The summed E-state index contributed by atoms with van der Waals surface area (Å²) in [7, 11) is 0. The van der Waals surface area contributed by atoms with Crippen LogP contribution in [0.4, 0.5) is 0 Å². The first-order valence-electron chi connectivity index (χ1n) is 2.67. The van der Waals surface area contributed by atoms with Crippen LogP contribution in [-0.2, 0) is 0 Å². The molecule has 0 fully saturated rings. The molecule has 4 N–H and O–H groups in total. The minimum atomic E-state index is -1.25. The van der Waals surface area contributed by atoms with Gasteiger partial charge in [-0.15, -0.1) is 0 Å². The smallest absolute Gasteiger partial charge is 0.111 e. The first kappa shape index (κ1) is 8.84. The van der Waals surface area contributed by atoms with Crippen molar-refractivity contribution in [1.29, 1.82) is 0 Å². The molecule has 1 radical (unpaired) electrons. The molecule has 0 aliphatic rings. The molecule has 0 aromatic heterocycles. The van der Waals surface area contributed by atoms with E-state index in [9.17, 15) is 0 Å². The van der Waals surface area contributed by atoms with Crippen LogP contribution in [0.5, 0.6) is 0 Å². The highest BCUT2D eigenvalue weighted by Crippen LogP contribution is 1.98. The van der Waals surface area contributed by atoms with Crippen molar-refractivity contribution in [3.8, 4) is 0 Å². The molecule has 0 saturated heterocycles. The van der Waals surface area contributed by atoms with Crippen LogP contribution >= 0.6 is 0 Å². The van der Waals surface area contributed by atoms with Gasteiger partial charge in [0.25, 0.3) is 0 Å². The van der Waals surface area contributed by atoms with Crippen molar-refractivity contribution in [3.63, 3.8) is 0 Å². The predicted octanol–water partition coefficient (Wildman–Crippen LogP) is -1.38. The molecule has 0 saturated carbocycles. The maximum atomic E-state index is 8.72. The Morgan fingerprint density at radius 1 is 1.33 bits per heavy atom. The molecule has 2 unspecified atom stereocenters. The zero-order valence-corrected chi connectivity index (χ0v) is 4.94. The van der Waals surface area contributed by atoms with Crippen LogP contribution in [0.3, 0.4) is 0 Å². The van der Waals surface area contributed by atoms with E-state index in [1.165, 1.54) is 0 Å². The zero-order chi connectivity index (χ0) is 7.28. The van der Waals surface area contributed by atoms with Crippen LogP contribution in [0, 0.1) is 6.61 Å². The Morgan fingerprint density at radius 3 is 2.22 bits per heavy atom. The molecule has 0 aromatic rings. The third-order valence-electron chi connectivity index (χ3n) is 0.972. The van der Waals surface area contributed by atoms with Crippen molar-refractivity contribution in [1.82, 2.24) is 0 Å². The van der Waals surface area contributed by atoms with Gasteiger partial charge in [0.15, 0.2) is 0 Å². The van der Waals surface area contributed by atoms with E-state index in [1.807, 2.05) is 0 Å². The van der Waals surface area contributed by atoms with Gasteiger partial charge in [-0.05, 0) is 6.42 Å². The van der Waals surface area contributed by atoms with Gasteiger partial charge in [0, 0.05) is 6.61 Å². The highest BCUT2D eigenvalue weighted by molar-refractivity contribution is 4.72. The summed E-state index contributed by atoms with van der Waals surface area (Å²) in [5.74, 6) is 0. The summed E-state index contributed by atoms with van der Waals surface area (Å²) in [5, 5.41) is 33.6. The molecule has 0 aromatic carbocycles. The molecular weight excluding hydrogens is 124 g/mol. The van der Waals surface area contributed by atoms with Crippen LogP contribution in [0.1, 0.15) is 6.42 Å². The Labute approximate surface area is 53.4 Å². The highest BCUT2D eigenvalue weighted by atomic mass is 16.4. The van der Waals surface area contributed by atoms with Crippen molar-refractivity contribution in [2.24, 2.45) is 0 Å². The lowest BCUT2D eigenvalue weighted by Crippen LogP contribution is -2.26. The van der Waals surface area contributed by atoms with E-state index in [0.717, 1.165) is 0 Å². The molecule has 0 spiro atoms. The summed E-state index contributed by atoms with van der Waals surface area (Å²) >= 11 is 0. The Morgan fingerprint density at radius 2 is 1.89 bits per heavy atom. The summed E-state index contributed by atoms with van der Waals surface area (Å²) in [5.41, 5.74) is 0. The van der Waals surface area contributed by atoms with Gasteiger partial charge in [-0.3, -0.25) is 0 Å². The fourth-order valence-electron chi connectivity index (χ4n) is 0.402. The maximum absolute atomic E-state index is 8.72. The maximum Gasteiger partial charge on any atom is 0.111 e.